The number of hydrogen-bond acceptors (Lipinski definition) is 4. The average Bonchev–Trinajstić information content (AvgIpc) is 3.05. The Morgan fingerprint density at radius 3 is 3.26 bits per heavy atom. The molecule has 19 heavy (non-hydrogen) atoms. The van der Waals surface area contributed by atoms with Crippen LogP contribution in [0.1, 0.15) is 12.0 Å². The minimum Gasteiger partial charge on any atom is -0.458 e. The van der Waals surface area contributed by atoms with Gasteiger partial charge in [0.1, 0.15) is 6.61 Å². The molecule has 0 bridgehead atoms. The van der Waals surface area contributed by atoms with Crippen LogP contribution in [-0.4, -0.2) is 35.0 Å². The van der Waals surface area contributed by atoms with Crippen LogP contribution in [0.3, 0.4) is 0 Å². The third-order valence-corrected chi connectivity index (χ3v) is 3.26. The summed E-state index contributed by atoms with van der Waals surface area (Å²) in [7, 11) is 0. The molecule has 1 N–H and O–H groups in total. The van der Waals surface area contributed by atoms with Gasteiger partial charge in [-0.3, -0.25) is 5.10 Å². The normalized spacial score (nSPS) is 22.8. The van der Waals surface area contributed by atoms with Crippen LogP contribution in [0.5, 0.6) is 0 Å². The maximum atomic E-state index is 14.0. The van der Waals surface area contributed by atoms with Gasteiger partial charge in [-0.2, -0.15) is 5.10 Å². The van der Waals surface area contributed by atoms with Gasteiger partial charge in [0, 0.05) is 17.4 Å². The summed E-state index contributed by atoms with van der Waals surface area (Å²) in [6.45, 7) is 0.0475. The van der Waals surface area contributed by atoms with E-state index >= 15 is 0 Å². The van der Waals surface area contributed by atoms with E-state index < -0.39 is 11.6 Å². The Morgan fingerprint density at radius 1 is 1.58 bits per heavy atom. The van der Waals surface area contributed by atoms with E-state index in [9.17, 15) is 9.18 Å². The van der Waals surface area contributed by atoms with Crippen molar-refractivity contribution in [3.05, 3.63) is 30.0 Å². The molecule has 100 valence electrons. The fourth-order valence-electron chi connectivity index (χ4n) is 2.12. The Kier molecular flexibility index (Phi) is 2.94. The molecule has 6 heteroatoms. The molecule has 2 aromatic rings. The Hall–Kier alpha value is -1.95. The minimum absolute atomic E-state index is 0.0179. The number of hydrogen-bond donors (Lipinski definition) is 1. The number of nitrogens with one attached hydrogen (secondary N) is 1. The second-order valence-corrected chi connectivity index (χ2v) is 4.60. The molecular formula is C13H13FN2O3. The van der Waals surface area contributed by atoms with Crippen LogP contribution in [0.15, 0.2) is 24.4 Å². The van der Waals surface area contributed by atoms with Crippen molar-refractivity contribution in [3.63, 3.8) is 0 Å². The first-order valence-corrected chi connectivity index (χ1v) is 6.04. The summed E-state index contributed by atoms with van der Waals surface area (Å²) in [6.07, 6.45) is 1.74. The first-order valence-electron chi connectivity index (χ1n) is 6.04. The lowest BCUT2D eigenvalue weighted by molar-refractivity contribution is -0.159. The number of halogens is 1. The van der Waals surface area contributed by atoms with E-state index in [4.69, 9.17) is 9.47 Å². The molecule has 1 aliphatic rings. The minimum atomic E-state index is -2.00. The lowest BCUT2D eigenvalue weighted by Crippen LogP contribution is -2.35. The number of carbonyl (C=O) groups excluding carboxylic acids is 1. The summed E-state index contributed by atoms with van der Waals surface area (Å²) in [5.74, 6) is -0.860. The Balaban J connectivity index is 1.72. The van der Waals surface area contributed by atoms with Crippen LogP contribution in [0, 0.1) is 0 Å². The van der Waals surface area contributed by atoms with E-state index in [1.807, 2.05) is 18.2 Å². The van der Waals surface area contributed by atoms with Crippen LogP contribution in [0.4, 0.5) is 4.39 Å². The predicted molar refractivity (Wildman–Crippen MR) is 65.2 cm³/mol. The second kappa shape index (κ2) is 4.62. The number of H-pyrrole nitrogens is 1. The molecule has 1 aromatic heterocycles. The van der Waals surface area contributed by atoms with Crippen molar-refractivity contribution in [2.75, 3.05) is 13.2 Å². The van der Waals surface area contributed by atoms with Crippen molar-refractivity contribution in [3.8, 4) is 0 Å². The molecule has 1 aromatic carbocycles. The molecular weight excluding hydrogens is 251 g/mol. The van der Waals surface area contributed by atoms with E-state index in [1.165, 1.54) is 0 Å². The molecule has 1 fully saturated rings. The Labute approximate surface area is 108 Å². The number of nitrogens with zero attached hydrogens (tertiary/aromatic N) is 1. The van der Waals surface area contributed by atoms with Gasteiger partial charge in [-0.25, -0.2) is 9.18 Å². The maximum absolute atomic E-state index is 14.0. The molecule has 0 radical (unpaired) electrons. The number of alkyl halides is 1. The number of aromatic nitrogens is 2. The van der Waals surface area contributed by atoms with Crippen LogP contribution in [0.25, 0.3) is 10.9 Å². The molecule has 0 aliphatic carbocycles. The highest BCUT2D eigenvalue weighted by molar-refractivity contribution is 5.82. The van der Waals surface area contributed by atoms with E-state index in [0.717, 1.165) is 16.5 Å². The van der Waals surface area contributed by atoms with Crippen molar-refractivity contribution >= 4 is 16.9 Å². The van der Waals surface area contributed by atoms with Crippen molar-refractivity contribution in [2.24, 2.45) is 0 Å². The monoisotopic (exact) mass is 264 g/mol. The molecule has 0 spiro atoms. The SMILES string of the molecule is O=C(OCc1cccc2cn[nH]c12)C1(F)CCOC1. The smallest absolute Gasteiger partial charge is 0.346 e. The summed E-state index contributed by atoms with van der Waals surface area (Å²) >= 11 is 0. The van der Waals surface area contributed by atoms with E-state index in [-0.39, 0.29) is 26.2 Å². The lowest BCUT2D eigenvalue weighted by atomic mass is 10.1. The van der Waals surface area contributed by atoms with Gasteiger partial charge in [0.25, 0.3) is 0 Å². The summed E-state index contributed by atoms with van der Waals surface area (Å²) in [4.78, 5) is 11.7. The molecule has 0 amide bonds. The van der Waals surface area contributed by atoms with Crippen molar-refractivity contribution in [1.29, 1.82) is 0 Å². The fraction of sp³-hybridized carbons (Fsp3) is 0.385. The summed E-state index contributed by atoms with van der Waals surface area (Å²) in [5.41, 5.74) is -0.432. The predicted octanol–water partition coefficient (Wildman–Crippen LogP) is 1.73. The third-order valence-electron chi connectivity index (χ3n) is 3.26. The largest absolute Gasteiger partial charge is 0.458 e. The molecule has 1 saturated heterocycles. The van der Waals surface area contributed by atoms with Gasteiger partial charge < -0.3 is 9.47 Å². The second-order valence-electron chi connectivity index (χ2n) is 4.60. The molecule has 1 atom stereocenters. The highest BCUT2D eigenvalue weighted by atomic mass is 19.1. The number of rotatable bonds is 3. The lowest BCUT2D eigenvalue weighted by Gasteiger charge is -2.15. The van der Waals surface area contributed by atoms with Gasteiger partial charge in [-0.15, -0.1) is 0 Å². The molecule has 3 rings (SSSR count). The number of esters is 1. The molecule has 2 heterocycles. The van der Waals surface area contributed by atoms with Gasteiger partial charge in [0.2, 0.25) is 5.67 Å². The number of fused-ring (bicyclic) bond motifs is 1. The quantitative estimate of drug-likeness (QED) is 0.857. The van der Waals surface area contributed by atoms with Gasteiger partial charge in [-0.1, -0.05) is 18.2 Å². The van der Waals surface area contributed by atoms with Crippen LogP contribution >= 0.6 is 0 Å². The van der Waals surface area contributed by atoms with Gasteiger partial charge in [0.05, 0.1) is 24.9 Å². The van der Waals surface area contributed by atoms with Crippen LogP contribution in [0.2, 0.25) is 0 Å². The zero-order valence-electron chi connectivity index (χ0n) is 10.2. The van der Waals surface area contributed by atoms with Gasteiger partial charge in [-0.05, 0) is 0 Å². The maximum Gasteiger partial charge on any atom is 0.346 e. The highest BCUT2D eigenvalue weighted by Crippen LogP contribution is 2.25. The van der Waals surface area contributed by atoms with E-state index in [2.05, 4.69) is 10.2 Å². The molecule has 5 nitrogen and oxygen atoms in total. The van der Waals surface area contributed by atoms with Crippen LogP contribution in [-0.2, 0) is 20.9 Å². The summed E-state index contributed by atoms with van der Waals surface area (Å²) < 4.78 is 24.0. The van der Waals surface area contributed by atoms with Crippen molar-refractivity contribution in [2.45, 2.75) is 18.7 Å². The fourth-order valence-corrected chi connectivity index (χ4v) is 2.12. The van der Waals surface area contributed by atoms with Gasteiger partial charge >= 0.3 is 5.97 Å². The van der Waals surface area contributed by atoms with E-state index in [0.29, 0.717) is 0 Å². The Bertz CT molecular complexity index is 605. The third kappa shape index (κ3) is 2.19. The first-order chi connectivity index (χ1) is 9.19. The topological polar surface area (TPSA) is 64.2 Å². The zero-order valence-corrected chi connectivity index (χ0v) is 10.2. The number of para-hydroxylation sites is 1. The standard InChI is InChI=1S/C13H13FN2O3/c14-13(4-5-18-8-13)12(17)19-7-10-3-1-2-9-6-15-16-11(9)10/h1-3,6H,4-5,7-8H2,(H,15,16). The van der Waals surface area contributed by atoms with Gasteiger partial charge in [0.15, 0.2) is 0 Å². The molecule has 1 unspecified atom stereocenters. The molecule has 1 aliphatic heterocycles. The number of ether oxygens (including phenoxy) is 2. The van der Waals surface area contributed by atoms with Crippen molar-refractivity contribution < 1.29 is 18.7 Å². The molecule has 0 saturated carbocycles. The zero-order chi connectivity index (χ0) is 13.3. The van der Waals surface area contributed by atoms with E-state index in [1.54, 1.807) is 6.20 Å². The number of carbonyl (C=O) groups is 1. The van der Waals surface area contributed by atoms with Crippen molar-refractivity contribution in [1.82, 2.24) is 10.2 Å². The first kappa shape index (κ1) is 12.1. The number of aromatic amines is 1. The summed E-state index contributed by atoms with van der Waals surface area (Å²) in [5, 5.41) is 7.68. The Morgan fingerprint density at radius 2 is 2.47 bits per heavy atom. The summed E-state index contributed by atoms with van der Waals surface area (Å²) in [6, 6.07) is 5.54. The average molecular weight is 264 g/mol. The van der Waals surface area contributed by atoms with Crippen LogP contribution < -0.4 is 0 Å². The highest BCUT2D eigenvalue weighted by Gasteiger charge is 2.44. The number of benzene rings is 1.